The van der Waals surface area contributed by atoms with Crippen LogP contribution in [0, 0.1) is 5.92 Å². The molecule has 2 N–H and O–H groups in total. The molecule has 0 bridgehead atoms. The minimum atomic E-state index is 0.304. The highest BCUT2D eigenvalue weighted by Gasteiger charge is 2.12. The number of likely N-dealkylation sites (N-methyl/N-ethyl adjacent to an activating group) is 1. The van der Waals surface area contributed by atoms with Gasteiger partial charge in [-0.3, -0.25) is 0 Å². The lowest BCUT2D eigenvalue weighted by Crippen LogP contribution is -2.40. The first-order valence-electron chi connectivity index (χ1n) is 6.10. The van der Waals surface area contributed by atoms with Gasteiger partial charge in [0.25, 0.3) is 0 Å². The Morgan fingerprint density at radius 2 is 2.25 bits per heavy atom. The SMILES string of the molecule is CCC(C)C(N)CN(C)CCc1cccs1. The molecule has 2 unspecified atom stereocenters. The highest BCUT2D eigenvalue weighted by atomic mass is 32.1. The highest BCUT2D eigenvalue weighted by molar-refractivity contribution is 7.09. The van der Waals surface area contributed by atoms with E-state index in [4.69, 9.17) is 5.73 Å². The zero-order valence-electron chi connectivity index (χ0n) is 10.6. The van der Waals surface area contributed by atoms with E-state index >= 15 is 0 Å². The van der Waals surface area contributed by atoms with Crippen LogP contribution in [0.4, 0.5) is 0 Å². The Kier molecular flexibility index (Phi) is 6.03. The van der Waals surface area contributed by atoms with Crippen LogP contribution in [0.15, 0.2) is 17.5 Å². The van der Waals surface area contributed by atoms with Gasteiger partial charge in [-0.1, -0.05) is 26.3 Å². The molecule has 0 spiro atoms. The maximum absolute atomic E-state index is 6.14. The fourth-order valence-electron chi connectivity index (χ4n) is 1.69. The summed E-state index contributed by atoms with van der Waals surface area (Å²) in [6, 6.07) is 4.62. The van der Waals surface area contributed by atoms with Crippen molar-refractivity contribution in [1.82, 2.24) is 4.90 Å². The molecule has 1 rings (SSSR count). The molecule has 0 saturated heterocycles. The molecule has 2 atom stereocenters. The van der Waals surface area contributed by atoms with Crippen LogP contribution in [0.2, 0.25) is 0 Å². The van der Waals surface area contributed by atoms with Crippen molar-refractivity contribution in [3.8, 4) is 0 Å². The second-order valence-corrected chi connectivity index (χ2v) is 5.67. The summed E-state index contributed by atoms with van der Waals surface area (Å²) in [5, 5.41) is 2.14. The molecule has 2 nitrogen and oxygen atoms in total. The van der Waals surface area contributed by atoms with Gasteiger partial charge in [0, 0.05) is 24.0 Å². The van der Waals surface area contributed by atoms with E-state index < -0.39 is 0 Å². The molecule has 92 valence electrons. The third-order valence-electron chi connectivity index (χ3n) is 3.22. The third-order valence-corrected chi connectivity index (χ3v) is 4.15. The summed E-state index contributed by atoms with van der Waals surface area (Å²) in [5.74, 6) is 0.615. The lowest BCUT2D eigenvalue weighted by Gasteiger charge is -2.24. The van der Waals surface area contributed by atoms with Crippen molar-refractivity contribution in [2.75, 3.05) is 20.1 Å². The zero-order chi connectivity index (χ0) is 12.0. The smallest absolute Gasteiger partial charge is 0.0193 e. The third kappa shape index (κ3) is 4.64. The Hall–Kier alpha value is -0.380. The number of nitrogens with two attached hydrogens (primary N) is 1. The summed E-state index contributed by atoms with van der Waals surface area (Å²) in [4.78, 5) is 3.81. The number of thiophene rings is 1. The van der Waals surface area contributed by atoms with Gasteiger partial charge >= 0.3 is 0 Å². The van der Waals surface area contributed by atoms with Crippen molar-refractivity contribution >= 4 is 11.3 Å². The number of rotatable bonds is 7. The van der Waals surface area contributed by atoms with E-state index in [9.17, 15) is 0 Å². The lowest BCUT2D eigenvalue weighted by molar-refractivity contribution is 0.277. The molecule has 1 aromatic rings. The lowest BCUT2D eigenvalue weighted by atomic mass is 10.00. The molecule has 1 aromatic heterocycles. The van der Waals surface area contributed by atoms with Gasteiger partial charge in [-0.2, -0.15) is 0 Å². The van der Waals surface area contributed by atoms with Crippen LogP contribution in [-0.4, -0.2) is 31.1 Å². The highest BCUT2D eigenvalue weighted by Crippen LogP contribution is 2.10. The molecule has 3 heteroatoms. The number of hydrogen-bond acceptors (Lipinski definition) is 3. The van der Waals surface area contributed by atoms with Crippen molar-refractivity contribution in [3.63, 3.8) is 0 Å². The Morgan fingerprint density at radius 3 is 2.81 bits per heavy atom. The summed E-state index contributed by atoms with van der Waals surface area (Å²) in [7, 11) is 2.16. The molecule has 0 saturated carbocycles. The van der Waals surface area contributed by atoms with Gasteiger partial charge in [-0.25, -0.2) is 0 Å². The Labute approximate surface area is 103 Å². The number of nitrogens with zero attached hydrogens (tertiary/aromatic N) is 1. The predicted octanol–water partition coefficient (Wildman–Crippen LogP) is 2.60. The second kappa shape index (κ2) is 7.05. The van der Waals surface area contributed by atoms with E-state index in [1.54, 1.807) is 0 Å². The van der Waals surface area contributed by atoms with E-state index in [1.165, 1.54) is 11.3 Å². The van der Waals surface area contributed by atoms with Crippen molar-refractivity contribution in [2.24, 2.45) is 11.7 Å². The second-order valence-electron chi connectivity index (χ2n) is 4.64. The maximum atomic E-state index is 6.14. The molecule has 16 heavy (non-hydrogen) atoms. The van der Waals surface area contributed by atoms with Crippen LogP contribution in [-0.2, 0) is 6.42 Å². The van der Waals surface area contributed by atoms with Crippen molar-refractivity contribution in [1.29, 1.82) is 0 Å². The Bertz CT molecular complexity index is 271. The van der Waals surface area contributed by atoms with Crippen molar-refractivity contribution in [3.05, 3.63) is 22.4 Å². The van der Waals surface area contributed by atoms with Crippen LogP contribution in [0.1, 0.15) is 25.1 Å². The largest absolute Gasteiger partial charge is 0.326 e. The van der Waals surface area contributed by atoms with Crippen LogP contribution < -0.4 is 5.73 Å². The molecular weight excluding hydrogens is 216 g/mol. The molecule has 0 amide bonds. The van der Waals surface area contributed by atoms with Crippen LogP contribution in [0.25, 0.3) is 0 Å². The number of hydrogen-bond donors (Lipinski definition) is 1. The summed E-state index contributed by atoms with van der Waals surface area (Å²) < 4.78 is 0. The first kappa shape index (κ1) is 13.7. The fraction of sp³-hybridized carbons (Fsp3) is 0.692. The molecule has 0 radical (unpaired) electrons. The fourth-order valence-corrected chi connectivity index (χ4v) is 2.39. The first-order valence-corrected chi connectivity index (χ1v) is 6.98. The topological polar surface area (TPSA) is 29.3 Å². The van der Waals surface area contributed by atoms with E-state index in [0.717, 1.165) is 19.5 Å². The van der Waals surface area contributed by atoms with Gasteiger partial charge in [-0.05, 0) is 30.8 Å². The summed E-state index contributed by atoms with van der Waals surface area (Å²) in [6.45, 7) is 6.54. The quantitative estimate of drug-likeness (QED) is 0.794. The normalized spacial score (nSPS) is 15.3. The van der Waals surface area contributed by atoms with Crippen LogP contribution in [0.3, 0.4) is 0 Å². The van der Waals surface area contributed by atoms with Gasteiger partial charge < -0.3 is 10.6 Å². The molecule has 0 aliphatic carbocycles. The van der Waals surface area contributed by atoms with E-state index in [1.807, 2.05) is 11.3 Å². The summed E-state index contributed by atoms with van der Waals surface area (Å²) in [6.07, 6.45) is 2.31. The van der Waals surface area contributed by atoms with E-state index in [-0.39, 0.29) is 0 Å². The monoisotopic (exact) mass is 240 g/mol. The molecule has 1 heterocycles. The average Bonchev–Trinajstić information content (AvgIpc) is 2.78. The Balaban J connectivity index is 2.22. The van der Waals surface area contributed by atoms with Gasteiger partial charge in [0.05, 0.1) is 0 Å². The van der Waals surface area contributed by atoms with Crippen molar-refractivity contribution in [2.45, 2.75) is 32.7 Å². The summed E-state index contributed by atoms with van der Waals surface area (Å²) >= 11 is 1.84. The van der Waals surface area contributed by atoms with Gasteiger partial charge in [0.1, 0.15) is 0 Å². The van der Waals surface area contributed by atoms with Gasteiger partial charge in [0.15, 0.2) is 0 Å². The Morgan fingerprint density at radius 1 is 1.50 bits per heavy atom. The zero-order valence-corrected chi connectivity index (χ0v) is 11.5. The van der Waals surface area contributed by atoms with Gasteiger partial charge in [0.2, 0.25) is 0 Å². The van der Waals surface area contributed by atoms with Crippen LogP contribution in [0.5, 0.6) is 0 Å². The van der Waals surface area contributed by atoms with Gasteiger partial charge in [-0.15, -0.1) is 11.3 Å². The minimum Gasteiger partial charge on any atom is -0.326 e. The van der Waals surface area contributed by atoms with E-state index in [0.29, 0.717) is 12.0 Å². The summed E-state index contributed by atoms with van der Waals surface area (Å²) in [5.41, 5.74) is 6.14. The molecule has 0 aromatic carbocycles. The molecular formula is C13H24N2S. The van der Waals surface area contributed by atoms with Crippen molar-refractivity contribution < 1.29 is 0 Å². The predicted molar refractivity (Wildman–Crippen MR) is 73.0 cm³/mol. The standard InChI is InChI=1S/C13H24N2S/c1-4-11(2)13(14)10-15(3)8-7-12-6-5-9-16-12/h5-6,9,11,13H,4,7-8,10,14H2,1-3H3. The van der Waals surface area contributed by atoms with E-state index in [2.05, 4.69) is 43.3 Å². The average molecular weight is 240 g/mol. The maximum Gasteiger partial charge on any atom is 0.0193 e. The van der Waals surface area contributed by atoms with Crippen LogP contribution >= 0.6 is 11.3 Å². The molecule has 0 fully saturated rings. The first-order chi connectivity index (χ1) is 7.63. The molecule has 0 aliphatic heterocycles. The molecule has 0 aliphatic rings. The minimum absolute atomic E-state index is 0.304.